The van der Waals surface area contributed by atoms with Crippen molar-refractivity contribution in [2.45, 2.75) is 52.5 Å². The van der Waals surface area contributed by atoms with Crippen LogP contribution in [-0.4, -0.2) is 50.6 Å². The predicted octanol–water partition coefficient (Wildman–Crippen LogP) is 1.86. The highest BCUT2D eigenvalue weighted by Gasteiger charge is 2.40. The van der Waals surface area contributed by atoms with E-state index in [2.05, 4.69) is 50.4 Å². The first-order chi connectivity index (χ1) is 9.41. The standard InChI is InChI=1S/C16H33N3O/c1-6-7-16(8-9-17-12-16)15(20)18-11-14(19(4)5)10-13(2)3/h13-14,17H,6-12H2,1-5H3,(H,18,20). The fraction of sp³-hybridized carbons (Fsp3) is 0.938. The number of nitrogens with zero attached hydrogens (tertiary/aromatic N) is 1. The number of hydrogen-bond acceptors (Lipinski definition) is 3. The minimum Gasteiger partial charge on any atom is -0.354 e. The summed E-state index contributed by atoms with van der Waals surface area (Å²) in [6.45, 7) is 9.19. The highest BCUT2D eigenvalue weighted by atomic mass is 16.2. The lowest BCUT2D eigenvalue weighted by Crippen LogP contribution is -2.47. The van der Waals surface area contributed by atoms with Gasteiger partial charge in [0.25, 0.3) is 0 Å². The lowest BCUT2D eigenvalue weighted by molar-refractivity contribution is -0.130. The molecule has 2 N–H and O–H groups in total. The molecule has 1 heterocycles. The summed E-state index contributed by atoms with van der Waals surface area (Å²) in [6, 6.07) is 0.423. The summed E-state index contributed by atoms with van der Waals surface area (Å²) in [5, 5.41) is 6.57. The minimum atomic E-state index is -0.163. The summed E-state index contributed by atoms with van der Waals surface area (Å²) in [6.07, 6.45) is 4.15. The maximum Gasteiger partial charge on any atom is 0.227 e. The van der Waals surface area contributed by atoms with Crippen molar-refractivity contribution in [3.63, 3.8) is 0 Å². The largest absolute Gasteiger partial charge is 0.354 e. The van der Waals surface area contributed by atoms with E-state index in [1.54, 1.807) is 0 Å². The van der Waals surface area contributed by atoms with Crippen LogP contribution in [0.15, 0.2) is 0 Å². The van der Waals surface area contributed by atoms with E-state index in [0.717, 1.165) is 45.3 Å². The maximum atomic E-state index is 12.6. The smallest absolute Gasteiger partial charge is 0.227 e. The molecule has 0 spiro atoms. The van der Waals surface area contributed by atoms with Crippen molar-refractivity contribution < 1.29 is 4.79 Å². The molecule has 1 saturated heterocycles. The van der Waals surface area contributed by atoms with Crippen molar-refractivity contribution in [1.82, 2.24) is 15.5 Å². The van der Waals surface area contributed by atoms with Gasteiger partial charge in [-0.2, -0.15) is 0 Å². The SMILES string of the molecule is CCCC1(C(=O)NCC(CC(C)C)N(C)C)CCNC1. The summed E-state index contributed by atoms with van der Waals surface area (Å²) >= 11 is 0. The van der Waals surface area contributed by atoms with Crippen LogP contribution in [0.4, 0.5) is 0 Å². The molecule has 1 amide bonds. The summed E-state index contributed by atoms with van der Waals surface area (Å²) in [7, 11) is 4.19. The zero-order chi connectivity index (χ0) is 15.2. The van der Waals surface area contributed by atoms with Gasteiger partial charge in [0.1, 0.15) is 0 Å². The van der Waals surface area contributed by atoms with E-state index in [1.165, 1.54) is 0 Å². The lowest BCUT2D eigenvalue weighted by Gasteiger charge is -2.30. The first-order valence-electron chi connectivity index (χ1n) is 8.06. The van der Waals surface area contributed by atoms with E-state index >= 15 is 0 Å². The Labute approximate surface area is 124 Å². The number of rotatable bonds is 8. The molecule has 2 unspecified atom stereocenters. The molecule has 1 aliphatic rings. The fourth-order valence-corrected chi connectivity index (χ4v) is 3.16. The molecule has 2 atom stereocenters. The highest BCUT2D eigenvalue weighted by Crippen LogP contribution is 2.31. The molecule has 4 heteroatoms. The molecule has 1 fully saturated rings. The van der Waals surface area contributed by atoms with Crippen molar-refractivity contribution in [1.29, 1.82) is 0 Å². The van der Waals surface area contributed by atoms with Crippen molar-refractivity contribution in [3.05, 3.63) is 0 Å². The van der Waals surface area contributed by atoms with Crippen LogP contribution in [0.1, 0.15) is 46.5 Å². The molecule has 1 aliphatic heterocycles. The molecule has 0 aromatic rings. The average molecular weight is 283 g/mol. The van der Waals surface area contributed by atoms with E-state index in [9.17, 15) is 4.79 Å². The van der Waals surface area contributed by atoms with Crippen LogP contribution in [0.3, 0.4) is 0 Å². The van der Waals surface area contributed by atoms with Gasteiger partial charge in [0, 0.05) is 19.1 Å². The van der Waals surface area contributed by atoms with Crippen LogP contribution in [0.5, 0.6) is 0 Å². The van der Waals surface area contributed by atoms with Gasteiger partial charge >= 0.3 is 0 Å². The molecular formula is C16H33N3O. The molecule has 0 saturated carbocycles. The third-order valence-corrected chi connectivity index (χ3v) is 4.43. The molecule has 0 aromatic carbocycles. The van der Waals surface area contributed by atoms with Gasteiger partial charge in [-0.15, -0.1) is 0 Å². The molecule has 0 aromatic heterocycles. The zero-order valence-corrected chi connectivity index (χ0v) is 14.0. The summed E-state index contributed by atoms with van der Waals surface area (Å²) < 4.78 is 0. The number of carbonyl (C=O) groups excluding carboxylic acids is 1. The van der Waals surface area contributed by atoms with E-state index in [1.807, 2.05) is 0 Å². The van der Waals surface area contributed by atoms with Crippen molar-refractivity contribution >= 4 is 5.91 Å². The zero-order valence-electron chi connectivity index (χ0n) is 14.0. The third kappa shape index (κ3) is 4.74. The number of nitrogens with one attached hydrogen (secondary N) is 2. The predicted molar refractivity (Wildman–Crippen MR) is 84.8 cm³/mol. The molecule has 20 heavy (non-hydrogen) atoms. The quantitative estimate of drug-likeness (QED) is 0.714. The lowest BCUT2D eigenvalue weighted by atomic mass is 9.81. The van der Waals surface area contributed by atoms with E-state index in [4.69, 9.17) is 0 Å². The fourth-order valence-electron chi connectivity index (χ4n) is 3.16. The van der Waals surface area contributed by atoms with E-state index < -0.39 is 0 Å². The van der Waals surface area contributed by atoms with Gasteiger partial charge in [0.2, 0.25) is 5.91 Å². The maximum absolute atomic E-state index is 12.6. The van der Waals surface area contributed by atoms with Gasteiger partial charge in [0.05, 0.1) is 5.41 Å². The second-order valence-corrected chi connectivity index (χ2v) is 6.91. The number of amides is 1. The van der Waals surface area contributed by atoms with E-state index in [-0.39, 0.29) is 11.3 Å². The van der Waals surface area contributed by atoms with Crippen LogP contribution in [0, 0.1) is 11.3 Å². The first-order valence-corrected chi connectivity index (χ1v) is 8.06. The van der Waals surface area contributed by atoms with Crippen LogP contribution in [0.25, 0.3) is 0 Å². The Bertz CT molecular complexity index is 296. The average Bonchev–Trinajstić information content (AvgIpc) is 2.83. The Hall–Kier alpha value is -0.610. The van der Waals surface area contributed by atoms with Gasteiger partial charge in [-0.1, -0.05) is 27.2 Å². The van der Waals surface area contributed by atoms with Crippen LogP contribution in [-0.2, 0) is 4.79 Å². The highest BCUT2D eigenvalue weighted by molar-refractivity contribution is 5.83. The van der Waals surface area contributed by atoms with Gasteiger partial charge in [-0.3, -0.25) is 4.79 Å². The summed E-state index contributed by atoms with van der Waals surface area (Å²) in [4.78, 5) is 14.8. The van der Waals surface area contributed by atoms with Crippen LogP contribution >= 0.6 is 0 Å². The monoisotopic (exact) mass is 283 g/mol. The normalized spacial score (nSPS) is 24.4. The van der Waals surface area contributed by atoms with Gasteiger partial charge in [-0.25, -0.2) is 0 Å². The second kappa shape index (κ2) is 7.99. The molecule has 4 nitrogen and oxygen atoms in total. The Kier molecular flexibility index (Phi) is 6.96. The molecule has 0 radical (unpaired) electrons. The van der Waals surface area contributed by atoms with Gasteiger partial charge in [0.15, 0.2) is 0 Å². The van der Waals surface area contributed by atoms with E-state index in [0.29, 0.717) is 12.0 Å². The van der Waals surface area contributed by atoms with Crippen LogP contribution in [0.2, 0.25) is 0 Å². The molecule has 0 aliphatic carbocycles. The Morgan fingerprint density at radius 3 is 2.55 bits per heavy atom. The number of likely N-dealkylation sites (N-methyl/N-ethyl adjacent to an activating group) is 1. The number of carbonyl (C=O) groups is 1. The first kappa shape index (κ1) is 17.4. The van der Waals surface area contributed by atoms with Gasteiger partial charge in [-0.05, 0) is 45.8 Å². The summed E-state index contributed by atoms with van der Waals surface area (Å²) in [5.74, 6) is 0.900. The summed E-state index contributed by atoms with van der Waals surface area (Å²) in [5.41, 5.74) is -0.163. The Morgan fingerprint density at radius 2 is 2.10 bits per heavy atom. The molecule has 0 bridgehead atoms. The van der Waals surface area contributed by atoms with Gasteiger partial charge < -0.3 is 15.5 Å². The topological polar surface area (TPSA) is 44.4 Å². The molecular weight excluding hydrogens is 250 g/mol. The Morgan fingerprint density at radius 1 is 1.40 bits per heavy atom. The van der Waals surface area contributed by atoms with Crippen molar-refractivity contribution in [2.75, 3.05) is 33.7 Å². The third-order valence-electron chi connectivity index (χ3n) is 4.43. The van der Waals surface area contributed by atoms with Crippen molar-refractivity contribution in [3.8, 4) is 0 Å². The minimum absolute atomic E-state index is 0.163. The molecule has 1 rings (SSSR count). The Balaban J connectivity index is 2.55. The second-order valence-electron chi connectivity index (χ2n) is 6.91. The van der Waals surface area contributed by atoms with Crippen molar-refractivity contribution in [2.24, 2.45) is 11.3 Å². The molecule has 118 valence electrons. The number of hydrogen-bond donors (Lipinski definition) is 2. The van der Waals surface area contributed by atoms with Crippen LogP contribution < -0.4 is 10.6 Å².